The summed E-state index contributed by atoms with van der Waals surface area (Å²) >= 11 is 0. The molecule has 1 unspecified atom stereocenters. The molecule has 56 valence electrons. The van der Waals surface area contributed by atoms with Gasteiger partial charge in [0, 0.05) is 18.2 Å². The van der Waals surface area contributed by atoms with E-state index in [0.29, 0.717) is 0 Å². The van der Waals surface area contributed by atoms with E-state index < -0.39 is 0 Å². The topological polar surface area (TPSA) is 4.93 Å². The lowest BCUT2D eigenvalue weighted by molar-refractivity contribution is 0.647. The van der Waals surface area contributed by atoms with Gasteiger partial charge in [-0.1, -0.05) is 22.6 Å². The van der Waals surface area contributed by atoms with Crippen molar-refractivity contribution in [3.05, 3.63) is 18.3 Å². The Morgan fingerprint density at radius 3 is 2.90 bits per heavy atom. The van der Waals surface area contributed by atoms with Crippen LogP contribution in [-0.2, 0) is 6.54 Å². The third-order valence-electron chi connectivity index (χ3n) is 1.62. The molecule has 1 aromatic rings. The van der Waals surface area contributed by atoms with Crippen LogP contribution in [0.5, 0.6) is 0 Å². The van der Waals surface area contributed by atoms with Gasteiger partial charge in [-0.2, -0.15) is 0 Å². The fraction of sp³-hybridized carbons (Fsp3) is 0.500. The van der Waals surface area contributed by atoms with E-state index in [2.05, 4.69) is 39.1 Å². The monoisotopic (exact) mass is 155 g/mol. The Labute approximate surface area is 64.6 Å². The van der Waals surface area contributed by atoms with E-state index in [1.54, 1.807) is 0 Å². The molecule has 0 spiro atoms. The molecule has 1 rings (SSSR count). The van der Waals surface area contributed by atoms with Gasteiger partial charge in [-0.15, -0.1) is 0 Å². The number of rotatable bonds is 3. The van der Waals surface area contributed by atoms with Crippen molar-refractivity contribution in [1.82, 2.24) is 4.57 Å². The van der Waals surface area contributed by atoms with Gasteiger partial charge in [0.15, 0.2) is 0 Å². The van der Waals surface area contributed by atoms with Crippen LogP contribution in [0.1, 0.15) is 19.8 Å². The predicted octanol–water partition coefficient (Wildman–Crippen LogP) is 1.79. The van der Waals surface area contributed by atoms with Gasteiger partial charge in [0.1, 0.15) is 0 Å². The highest BCUT2D eigenvalue weighted by molar-refractivity contribution is 7.27. The Kier molecular flexibility index (Phi) is 2.95. The number of aromatic nitrogens is 1. The van der Waals surface area contributed by atoms with Crippen molar-refractivity contribution in [1.29, 1.82) is 0 Å². The average Bonchev–Trinajstić information content (AvgIpc) is 2.31. The Bertz CT molecular complexity index is 193. The first-order chi connectivity index (χ1) is 4.84. The van der Waals surface area contributed by atoms with Crippen LogP contribution in [-0.4, -0.2) is 4.57 Å². The van der Waals surface area contributed by atoms with Gasteiger partial charge in [-0.25, -0.2) is 0 Å². The Hall–Kier alpha value is -0.290. The summed E-state index contributed by atoms with van der Waals surface area (Å²) in [5.41, 5.74) is 1.29. The van der Waals surface area contributed by atoms with Crippen molar-refractivity contribution in [2.45, 2.75) is 26.3 Å². The summed E-state index contributed by atoms with van der Waals surface area (Å²) in [6, 6.07) is 4.19. The third kappa shape index (κ3) is 1.85. The largest absolute Gasteiger partial charge is 0.348 e. The highest BCUT2D eigenvalue weighted by Crippen LogP contribution is 1.97. The fourth-order valence-corrected chi connectivity index (χ4v) is 1.29. The lowest BCUT2D eigenvalue weighted by atomic mass is 10.3. The minimum atomic E-state index is 1.16. The zero-order valence-electron chi connectivity index (χ0n) is 6.38. The molecule has 1 aromatic heterocycles. The van der Waals surface area contributed by atoms with Crippen LogP contribution >= 0.6 is 9.24 Å². The maximum Gasteiger partial charge on any atom is 0.0347 e. The molecule has 0 fully saturated rings. The van der Waals surface area contributed by atoms with Crippen LogP contribution in [0.25, 0.3) is 0 Å². The van der Waals surface area contributed by atoms with Gasteiger partial charge in [0.25, 0.3) is 0 Å². The van der Waals surface area contributed by atoms with Crippen molar-refractivity contribution in [3.8, 4) is 0 Å². The Morgan fingerprint density at radius 1 is 1.60 bits per heavy atom. The highest BCUT2D eigenvalue weighted by Gasteiger charge is 1.91. The summed E-state index contributed by atoms with van der Waals surface area (Å²) in [5, 5.41) is 0. The molecule has 0 aliphatic carbocycles. The third-order valence-corrected chi connectivity index (χ3v) is 2.14. The molecule has 0 aliphatic heterocycles. The number of hydrogen-bond donors (Lipinski definition) is 0. The Balaban J connectivity index is 2.49. The SMILES string of the molecule is CCCCn1cccc1P. The van der Waals surface area contributed by atoms with E-state index in [1.165, 1.54) is 18.3 Å². The van der Waals surface area contributed by atoms with Crippen LogP contribution < -0.4 is 5.44 Å². The quantitative estimate of drug-likeness (QED) is 0.586. The molecule has 0 aromatic carbocycles. The maximum absolute atomic E-state index is 2.73. The molecule has 2 heteroatoms. The van der Waals surface area contributed by atoms with E-state index in [1.807, 2.05) is 0 Å². The van der Waals surface area contributed by atoms with Gasteiger partial charge in [-0.05, 0) is 18.6 Å². The second kappa shape index (κ2) is 3.78. The molecule has 1 nitrogen and oxygen atoms in total. The molecule has 1 atom stereocenters. The van der Waals surface area contributed by atoms with Gasteiger partial charge >= 0.3 is 0 Å². The van der Waals surface area contributed by atoms with E-state index >= 15 is 0 Å². The Morgan fingerprint density at radius 2 is 2.40 bits per heavy atom. The summed E-state index contributed by atoms with van der Waals surface area (Å²) in [5.74, 6) is 0. The molecule has 0 aliphatic rings. The van der Waals surface area contributed by atoms with Gasteiger partial charge in [0.05, 0.1) is 0 Å². The lowest BCUT2D eigenvalue weighted by Crippen LogP contribution is -2.07. The molecule has 10 heavy (non-hydrogen) atoms. The fourth-order valence-electron chi connectivity index (χ4n) is 0.959. The van der Waals surface area contributed by atoms with E-state index in [0.717, 1.165) is 6.54 Å². The summed E-state index contributed by atoms with van der Waals surface area (Å²) in [7, 11) is 2.73. The molecule has 0 N–H and O–H groups in total. The van der Waals surface area contributed by atoms with Crippen molar-refractivity contribution >= 4 is 14.7 Å². The normalized spacial score (nSPS) is 10.2. The van der Waals surface area contributed by atoms with Crippen LogP contribution in [0.4, 0.5) is 0 Å². The summed E-state index contributed by atoms with van der Waals surface area (Å²) in [6.07, 6.45) is 4.66. The van der Waals surface area contributed by atoms with Gasteiger partial charge < -0.3 is 4.57 Å². The standard InChI is InChI=1S/C8H14NP/c1-2-3-6-9-7-4-5-8(9)10/h4-5,7H,2-3,6,10H2,1H3. The molecule has 0 amide bonds. The molecule has 0 bridgehead atoms. The molecule has 0 saturated carbocycles. The van der Waals surface area contributed by atoms with Gasteiger partial charge in [0.2, 0.25) is 0 Å². The average molecular weight is 155 g/mol. The maximum atomic E-state index is 2.73. The van der Waals surface area contributed by atoms with Crippen LogP contribution in [0.3, 0.4) is 0 Å². The predicted molar refractivity (Wildman–Crippen MR) is 48.7 cm³/mol. The first-order valence-electron chi connectivity index (χ1n) is 3.75. The van der Waals surface area contributed by atoms with Crippen molar-refractivity contribution < 1.29 is 0 Å². The summed E-state index contributed by atoms with van der Waals surface area (Å²) in [6.45, 7) is 3.37. The van der Waals surface area contributed by atoms with Gasteiger partial charge in [-0.3, -0.25) is 0 Å². The minimum Gasteiger partial charge on any atom is -0.348 e. The molecular formula is C8H14NP. The molecular weight excluding hydrogens is 141 g/mol. The van der Waals surface area contributed by atoms with Crippen molar-refractivity contribution in [2.75, 3.05) is 0 Å². The smallest absolute Gasteiger partial charge is 0.0347 e. The number of aryl methyl sites for hydroxylation is 1. The van der Waals surface area contributed by atoms with Crippen LogP contribution in [0.15, 0.2) is 18.3 Å². The van der Waals surface area contributed by atoms with Crippen LogP contribution in [0.2, 0.25) is 0 Å². The van der Waals surface area contributed by atoms with Crippen molar-refractivity contribution in [3.63, 3.8) is 0 Å². The number of nitrogens with zero attached hydrogens (tertiary/aromatic N) is 1. The number of unbranched alkanes of at least 4 members (excludes halogenated alkanes) is 1. The van der Waals surface area contributed by atoms with Crippen molar-refractivity contribution in [2.24, 2.45) is 0 Å². The van der Waals surface area contributed by atoms with Crippen LogP contribution in [0, 0.1) is 0 Å². The number of hydrogen-bond acceptors (Lipinski definition) is 0. The summed E-state index contributed by atoms with van der Waals surface area (Å²) < 4.78 is 2.26. The van der Waals surface area contributed by atoms with E-state index in [4.69, 9.17) is 0 Å². The minimum absolute atomic E-state index is 1.16. The second-order valence-electron chi connectivity index (χ2n) is 2.48. The first-order valence-corrected chi connectivity index (χ1v) is 4.33. The van der Waals surface area contributed by atoms with E-state index in [9.17, 15) is 0 Å². The molecule has 0 radical (unpaired) electrons. The van der Waals surface area contributed by atoms with E-state index in [-0.39, 0.29) is 0 Å². The second-order valence-corrected chi connectivity index (χ2v) is 3.07. The molecule has 1 heterocycles. The lowest BCUT2D eigenvalue weighted by Gasteiger charge is -2.02. The zero-order valence-corrected chi connectivity index (χ0v) is 7.53. The zero-order chi connectivity index (χ0) is 7.40. The highest BCUT2D eigenvalue weighted by atomic mass is 31.0. The first kappa shape index (κ1) is 7.81. The molecule has 0 saturated heterocycles. The summed E-state index contributed by atoms with van der Waals surface area (Å²) in [4.78, 5) is 0.